The molecule has 8 heteroatoms. The topological polar surface area (TPSA) is 93.9 Å². The van der Waals surface area contributed by atoms with E-state index in [1.54, 1.807) is 36.4 Å². The van der Waals surface area contributed by atoms with Crippen molar-refractivity contribution in [3.63, 3.8) is 0 Å². The molecule has 3 aromatic rings. The number of nitrogens with two attached hydrogens (primary N) is 1. The number of halogens is 2. The highest BCUT2D eigenvalue weighted by atomic mass is 35.5. The summed E-state index contributed by atoms with van der Waals surface area (Å²) in [6, 6.07) is 12.3. The molecule has 0 fully saturated rings. The second-order valence-corrected chi connectivity index (χ2v) is 5.78. The number of nitrogens with zero attached hydrogens (tertiary/aromatic N) is 2. The molecule has 2 aromatic carbocycles. The van der Waals surface area contributed by atoms with Crippen molar-refractivity contribution in [1.29, 1.82) is 0 Å². The Morgan fingerprint density at radius 2 is 1.88 bits per heavy atom. The molecule has 1 heterocycles. The summed E-state index contributed by atoms with van der Waals surface area (Å²) in [6.07, 6.45) is 0. The van der Waals surface area contributed by atoms with Crippen LogP contribution in [0.15, 0.2) is 42.5 Å². The van der Waals surface area contributed by atoms with Crippen LogP contribution in [-0.4, -0.2) is 21.3 Å². The number of amides is 1. The Labute approximate surface area is 147 Å². The average Bonchev–Trinajstić information content (AvgIpc) is 3.04. The number of ether oxygens (including phenoxy) is 1. The van der Waals surface area contributed by atoms with Gasteiger partial charge in [0.2, 0.25) is 0 Å². The fourth-order valence-corrected chi connectivity index (χ4v) is 2.58. The van der Waals surface area contributed by atoms with Crippen molar-refractivity contribution in [3.8, 4) is 17.0 Å². The number of aromatic amines is 1. The first kappa shape index (κ1) is 16.3. The van der Waals surface area contributed by atoms with Crippen LogP contribution in [0.2, 0.25) is 10.0 Å². The molecule has 0 unspecified atom stereocenters. The zero-order valence-electron chi connectivity index (χ0n) is 12.3. The van der Waals surface area contributed by atoms with Gasteiger partial charge in [-0.1, -0.05) is 29.3 Å². The minimum Gasteiger partial charge on any atom is -0.489 e. The molecule has 0 bridgehead atoms. The Kier molecular flexibility index (Phi) is 4.69. The Morgan fingerprint density at radius 1 is 1.12 bits per heavy atom. The molecular formula is C16H12Cl2N4O2. The molecule has 3 N–H and O–H groups in total. The normalized spacial score (nSPS) is 10.6. The zero-order valence-corrected chi connectivity index (χ0v) is 13.8. The Hall–Kier alpha value is -2.57. The van der Waals surface area contributed by atoms with Crippen molar-refractivity contribution >= 4 is 29.1 Å². The van der Waals surface area contributed by atoms with Crippen LogP contribution in [-0.2, 0) is 6.61 Å². The van der Waals surface area contributed by atoms with Crippen LogP contribution in [0, 0.1) is 0 Å². The van der Waals surface area contributed by atoms with Crippen LogP contribution in [0.25, 0.3) is 11.3 Å². The summed E-state index contributed by atoms with van der Waals surface area (Å²) in [5, 5.41) is 11.2. The lowest BCUT2D eigenvalue weighted by molar-refractivity contribution is 0.0996. The first-order chi connectivity index (χ1) is 11.5. The Balaban J connectivity index is 1.73. The standard InChI is InChI=1S/C16H12Cl2N4O2/c17-11-4-1-10(13(18)7-11)8-24-12-5-2-9(3-6-12)14-15(16(19)23)21-22-20-14/h1-7H,8H2,(H2,19,23)(H,20,21,22). The molecule has 3 rings (SSSR count). The maximum Gasteiger partial charge on any atom is 0.271 e. The molecule has 0 aliphatic carbocycles. The van der Waals surface area contributed by atoms with E-state index in [4.69, 9.17) is 33.7 Å². The molecule has 0 saturated heterocycles. The minimum atomic E-state index is -0.642. The van der Waals surface area contributed by atoms with Crippen molar-refractivity contribution in [1.82, 2.24) is 15.4 Å². The van der Waals surface area contributed by atoms with Gasteiger partial charge in [0.25, 0.3) is 5.91 Å². The van der Waals surface area contributed by atoms with E-state index in [0.29, 0.717) is 33.7 Å². The number of aromatic nitrogens is 3. The van der Waals surface area contributed by atoms with E-state index in [1.165, 1.54) is 0 Å². The lowest BCUT2D eigenvalue weighted by atomic mass is 10.1. The van der Waals surface area contributed by atoms with Crippen LogP contribution in [0.1, 0.15) is 16.1 Å². The van der Waals surface area contributed by atoms with Crippen LogP contribution >= 0.6 is 23.2 Å². The minimum absolute atomic E-state index is 0.0941. The van der Waals surface area contributed by atoms with Crippen LogP contribution in [0.5, 0.6) is 5.75 Å². The van der Waals surface area contributed by atoms with Gasteiger partial charge in [-0.25, -0.2) is 0 Å². The number of H-pyrrole nitrogens is 1. The molecular weight excluding hydrogens is 351 g/mol. The van der Waals surface area contributed by atoms with Gasteiger partial charge in [0.05, 0.1) is 0 Å². The van der Waals surface area contributed by atoms with E-state index < -0.39 is 5.91 Å². The molecule has 0 saturated carbocycles. The highest BCUT2D eigenvalue weighted by molar-refractivity contribution is 6.35. The quantitative estimate of drug-likeness (QED) is 0.726. The number of primary amides is 1. The fourth-order valence-electron chi connectivity index (χ4n) is 2.11. The lowest BCUT2D eigenvalue weighted by Crippen LogP contribution is -2.12. The number of hydrogen-bond donors (Lipinski definition) is 2. The van der Waals surface area contributed by atoms with Gasteiger partial charge in [-0.2, -0.15) is 15.4 Å². The Morgan fingerprint density at radius 3 is 2.54 bits per heavy atom. The van der Waals surface area contributed by atoms with Gasteiger partial charge in [-0.3, -0.25) is 4.79 Å². The van der Waals surface area contributed by atoms with E-state index in [2.05, 4.69) is 15.4 Å². The molecule has 0 atom stereocenters. The van der Waals surface area contributed by atoms with E-state index in [9.17, 15) is 4.79 Å². The third kappa shape index (κ3) is 3.50. The summed E-state index contributed by atoms with van der Waals surface area (Å²) in [4.78, 5) is 11.3. The number of benzene rings is 2. The van der Waals surface area contributed by atoms with Crippen molar-refractivity contribution in [3.05, 3.63) is 63.8 Å². The monoisotopic (exact) mass is 362 g/mol. The summed E-state index contributed by atoms with van der Waals surface area (Å²) in [7, 11) is 0. The number of carbonyl (C=O) groups excluding carboxylic acids is 1. The van der Waals surface area contributed by atoms with Crippen LogP contribution < -0.4 is 10.5 Å². The molecule has 0 spiro atoms. The molecule has 1 amide bonds. The van der Waals surface area contributed by atoms with Gasteiger partial charge in [0.15, 0.2) is 5.69 Å². The van der Waals surface area contributed by atoms with Crippen molar-refractivity contribution in [2.24, 2.45) is 5.73 Å². The number of hydrogen-bond acceptors (Lipinski definition) is 4. The number of nitrogens with one attached hydrogen (secondary N) is 1. The summed E-state index contributed by atoms with van der Waals surface area (Å²) in [6.45, 7) is 0.311. The predicted octanol–water partition coefficient (Wildman–Crippen LogP) is 3.46. The molecule has 1 aromatic heterocycles. The smallest absolute Gasteiger partial charge is 0.271 e. The fraction of sp³-hybridized carbons (Fsp3) is 0.0625. The van der Waals surface area contributed by atoms with Crippen LogP contribution in [0.4, 0.5) is 0 Å². The van der Waals surface area contributed by atoms with Crippen LogP contribution in [0.3, 0.4) is 0 Å². The van der Waals surface area contributed by atoms with Gasteiger partial charge in [-0.05, 0) is 36.4 Å². The summed E-state index contributed by atoms with van der Waals surface area (Å²) >= 11 is 12.0. The SMILES string of the molecule is NC(=O)c1n[nH]nc1-c1ccc(OCc2ccc(Cl)cc2Cl)cc1. The highest BCUT2D eigenvalue weighted by Gasteiger charge is 2.15. The third-order valence-electron chi connectivity index (χ3n) is 3.32. The molecule has 0 aliphatic heterocycles. The van der Waals surface area contributed by atoms with Gasteiger partial charge < -0.3 is 10.5 Å². The summed E-state index contributed by atoms with van der Waals surface area (Å²) in [5.74, 6) is 0.00495. The van der Waals surface area contributed by atoms with E-state index >= 15 is 0 Å². The van der Waals surface area contributed by atoms with E-state index in [1.807, 2.05) is 6.07 Å². The Bertz CT molecular complexity index is 878. The first-order valence-corrected chi connectivity index (χ1v) is 7.68. The second kappa shape index (κ2) is 6.90. The molecule has 0 aliphatic rings. The third-order valence-corrected chi connectivity index (χ3v) is 3.91. The highest BCUT2D eigenvalue weighted by Crippen LogP contribution is 2.25. The van der Waals surface area contributed by atoms with Crippen molar-refractivity contribution in [2.75, 3.05) is 0 Å². The largest absolute Gasteiger partial charge is 0.489 e. The van der Waals surface area contributed by atoms with Gasteiger partial charge in [0, 0.05) is 21.2 Å². The maximum atomic E-state index is 11.3. The van der Waals surface area contributed by atoms with E-state index in [0.717, 1.165) is 5.56 Å². The molecule has 0 radical (unpaired) electrons. The zero-order chi connectivity index (χ0) is 17.1. The summed E-state index contributed by atoms with van der Waals surface area (Å²) in [5.41, 5.74) is 7.28. The van der Waals surface area contributed by atoms with Crippen molar-refractivity contribution < 1.29 is 9.53 Å². The van der Waals surface area contributed by atoms with Crippen molar-refractivity contribution in [2.45, 2.75) is 6.61 Å². The molecule has 6 nitrogen and oxygen atoms in total. The first-order valence-electron chi connectivity index (χ1n) is 6.92. The van der Waals surface area contributed by atoms with Gasteiger partial charge >= 0.3 is 0 Å². The predicted molar refractivity (Wildman–Crippen MR) is 91.1 cm³/mol. The van der Waals surface area contributed by atoms with E-state index in [-0.39, 0.29) is 5.69 Å². The second-order valence-electron chi connectivity index (χ2n) is 4.93. The average molecular weight is 363 g/mol. The van der Waals surface area contributed by atoms with Gasteiger partial charge in [0.1, 0.15) is 18.1 Å². The number of carbonyl (C=O) groups is 1. The van der Waals surface area contributed by atoms with Gasteiger partial charge in [-0.15, -0.1) is 0 Å². The summed E-state index contributed by atoms with van der Waals surface area (Å²) < 4.78 is 5.70. The molecule has 122 valence electrons. The molecule has 24 heavy (non-hydrogen) atoms. The number of rotatable bonds is 5. The maximum absolute atomic E-state index is 11.3. The lowest BCUT2D eigenvalue weighted by Gasteiger charge is -2.08.